The first-order chi connectivity index (χ1) is 8.83. The largest absolute Gasteiger partial charge is 0.345 e. The number of hydrogen-bond acceptors (Lipinski definition) is 4. The van der Waals surface area contributed by atoms with Gasteiger partial charge in [0.1, 0.15) is 0 Å². The lowest BCUT2D eigenvalue weighted by atomic mass is 10.2. The van der Waals surface area contributed by atoms with Crippen molar-refractivity contribution in [2.75, 3.05) is 11.4 Å². The molecule has 0 radical (unpaired) electrons. The van der Waals surface area contributed by atoms with Crippen LogP contribution in [0, 0.1) is 0 Å². The minimum atomic E-state index is 0.567. The standard InChI is InChI=1S/C14H20N2OS/c1-2-16(11-5-3-4-6-11)14-15-13(10-7-8-10)12(9-17)18-14/h9-11H,2-8H2,1H3. The smallest absolute Gasteiger partial charge is 0.186 e. The Morgan fingerprint density at radius 2 is 2.06 bits per heavy atom. The molecule has 0 saturated heterocycles. The SMILES string of the molecule is CCN(c1nc(C2CC2)c(C=O)s1)C1CCCC1. The van der Waals surface area contributed by atoms with E-state index in [1.54, 1.807) is 11.3 Å². The fourth-order valence-corrected chi connectivity index (χ4v) is 4.05. The van der Waals surface area contributed by atoms with Gasteiger partial charge in [-0.3, -0.25) is 4.79 Å². The van der Waals surface area contributed by atoms with Gasteiger partial charge in [-0.1, -0.05) is 24.2 Å². The molecule has 1 aromatic heterocycles. The molecule has 2 aliphatic carbocycles. The Bertz CT molecular complexity index is 433. The van der Waals surface area contributed by atoms with E-state index in [-0.39, 0.29) is 0 Å². The highest BCUT2D eigenvalue weighted by Gasteiger charge is 2.31. The van der Waals surface area contributed by atoms with Crippen LogP contribution >= 0.6 is 11.3 Å². The maximum atomic E-state index is 11.2. The molecule has 18 heavy (non-hydrogen) atoms. The Kier molecular flexibility index (Phi) is 3.37. The third-order valence-corrected chi connectivity index (χ3v) is 5.13. The van der Waals surface area contributed by atoms with Crippen LogP contribution < -0.4 is 4.90 Å². The summed E-state index contributed by atoms with van der Waals surface area (Å²) in [5.41, 5.74) is 1.07. The molecule has 0 N–H and O–H groups in total. The van der Waals surface area contributed by atoms with Crippen LogP contribution in [-0.4, -0.2) is 23.9 Å². The van der Waals surface area contributed by atoms with Gasteiger partial charge in [0.25, 0.3) is 0 Å². The van der Waals surface area contributed by atoms with Crippen LogP contribution in [0.15, 0.2) is 0 Å². The zero-order valence-electron chi connectivity index (χ0n) is 10.9. The normalized spacial score (nSPS) is 20.3. The summed E-state index contributed by atoms with van der Waals surface area (Å²) in [5, 5.41) is 1.08. The third-order valence-electron chi connectivity index (χ3n) is 4.09. The second-order valence-corrected chi connectivity index (χ2v) is 6.37. The molecular weight excluding hydrogens is 244 g/mol. The van der Waals surface area contributed by atoms with Crippen LogP contribution in [0.4, 0.5) is 5.13 Å². The molecule has 4 heteroatoms. The first kappa shape index (κ1) is 12.2. The molecule has 3 rings (SSSR count). The molecule has 0 aliphatic heterocycles. The van der Waals surface area contributed by atoms with Crippen molar-refractivity contribution in [2.24, 2.45) is 0 Å². The van der Waals surface area contributed by atoms with Crippen molar-refractivity contribution in [2.45, 2.75) is 57.4 Å². The topological polar surface area (TPSA) is 33.2 Å². The Labute approximate surface area is 112 Å². The van der Waals surface area contributed by atoms with Crippen LogP contribution in [0.3, 0.4) is 0 Å². The minimum absolute atomic E-state index is 0.567. The molecule has 0 bridgehead atoms. The summed E-state index contributed by atoms with van der Waals surface area (Å²) in [6.07, 6.45) is 8.65. The average Bonchev–Trinajstić information content (AvgIpc) is 2.92. The number of carbonyl (C=O) groups is 1. The van der Waals surface area contributed by atoms with Crippen molar-refractivity contribution in [3.05, 3.63) is 10.6 Å². The first-order valence-corrected chi connectivity index (χ1v) is 7.87. The van der Waals surface area contributed by atoms with E-state index in [0.717, 1.165) is 28.5 Å². The molecule has 98 valence electrons. The molecule has 0 aromatic carbocycles. The average molecular weight is 264 g/mol. The van der Waals surface area contributed by atoms with E-state index in [4.69, 9.17) is 4.98 Å². The number of aromatic nitrogens is 1. The van der Waals surface area contributed by atoms with Gasteiger partial charge in [0.15, 0.2) is 11.4 Å². The second kappa shape index (κ2) is 5.00. The summed E-state index contributed by atoms with van der Waals surface area (Å²) in [7, 11) is 0. The minimum Gasteiger partial charge on any atom is -0.345 e. The van der Waals surface area contributed by atoms with E-state index in [0.29, 0.717) is 12.0 Å². The maximum Gasteiger partial charge on any atom is 0.186 e. The number of hydrogen-bond donors (Lipinski definition) is 0. The Hall–Kier alpha value is -0.900. The molecule has 0 unspecified atom stereocenters. The molecule has 2 saturated carbocycles. The van der Waals surface area contributed by atoms with Crippen molar-refractivity contribution < 1.29 is 4.79 Å². The molecule has 0 spiro atoms. The van der Waals surface area contributed by atoms with Gasteiger partial charge in [-0.25, -0.2) is 4.98 Å². The van der Waals surface area contributed by atoms with Crippen LogP contribution in [0.5, 0.6) is 0 Å². The number of thiazole rings is 1. The molecule has 3 nitrogen and oxygen atoms in total. The summed E-state index contributed by atoms with van der Waals surface area (Å²) in [5.74, 6) is 0.567. The molecule has 0 amide bonds. The molecule has 2 fully saturated rings. The van der Waals surface area contributed by atoms with Gasteiger partial charge in [0.05, 0.1) is 10.6 Å². The lowest BCUT2D eigenvalue weighted by molar-refractivity contribution is 0.112. The number of carbonyl (C=O) groups excluding carboxylic acids is 1. The number of nitrogens with zero attached hydrogens (tertiary/aromatic N) is 2. The van der Waals surface area contributed by atoms with Crippen LogP contribution in [0.1, 0.15) is 66.7 Å². The highest BCUT2D eigenvalue weighted by atomic mass is 32.1. The summed E-state index contributed by atoms with van der Waals surface area (Å²) in [6.45, 7) is 3.19. The van der Waals surface area contributed by atoms with Gasteiger partial charge in [-0.05, 0) is 32.6 Å². The fourth-order valence-electron chi connectivity index (χ4n) is 2.95. The van der Waals surface area contributed by atoms with Gasteiger partial charge < -0.3 is 4.90 Å². The maximum absolute atomic E-state index is 11.2. The van der Waals surface area contributed by atoms with E-state index in [2.05, 4.69) is 11.8 Å². The van der Waals surface area contributed by atoms with Crippen molar-refractivity contribution in [1.29, 1.82) is 0 Å². The number of anilines is 1. The first-order valence-electron chi connectivity index (χ1n) is 7.06. The van der Waals surface area contributed by atoms with E-state index < -0.39 is 0 Å². The van der Waals surface area contributed by atoms with Gasteiger partial charge in [0.2, 0.25) is 0 Å². The van der Waals surface area contributed by atoms with E-state index >= 15 is 0 Å². The summed E-state index contributed by atoms with van der Waals surface area (Å²) < 4.78 is 0. The van der Waals surface area contributed by atoms with Crippen LogP contribution in [0.25, 0.3) is 0 Å². The summed E-state index contributed by atoms with van der Waals surface area (Å²) >= 11 is 1.59. The monoisotopic (exact) mass is 264 g/mol. The Morgan fingerprint density at radius 3 is 2.61 bits per heavy atom. The van der Waals surface area contributed by atoms with Crippen LogP contribution in [0.2, 0.25) is 0 Å². The quantitative estimate of drug-likeness (QED) is 0.762. The lowest BCUT2D eigenvalue weighted by Crippen LogP contribution is -2.32. The zero-order valence-corrected chi connectivity index (χ0v) is 11.7. The molecule has 1 aromatic rings. The van der Waals surface area contributed by atoms with Crippen molar-refractivity contribution in [3.8, 4) is 0 Å². The Balaban J connectivity index is 1.86. The summed E-state index contributed by atoms with van der Waals surface area (Å²) in [6, 6.07) is 0.646. The van der Waals surface area contributed by atoms with Crippen LogP contribution in [-0.2, 0) is 0 Å². The number of rotatable bonds is 5. The molecule has 0 atom stereocenters. The molecule has 1 heterocycles. The highest BCUT2D eigenvalue weighted by Crippen LogP contribution is 2.44. The second-order valence-electron chi connectivity index (χ2n) is 5.36. The van der Waals surface area contributed by atoms with E-state index in [1.165, 1.54) is 38.5 Å². The zero-order chi connectivity index (χ0) is 12.5. The molecular formula is C14H20N2OS. The van der Waals surface area contributed by atoms with Crippen molar-refractivity contribution in [1.82, 2.24) is 4.98 Å². The fraction of sp³-hybridized carbons (Fsp3) is 0.714. The lowest BCUT2D eigenvalue weighted by Gasteiger charge is -2.26. The van der Waals surface area contributed by atoms with Gasteiger partial charge in [0, 0.05) is 18.5 Å². The van der Waals surface area contributed by atoms with Gasteiger partial charge >= 0.3 is 0 Å². The van der Waals surface area contributed by atoms with E-state index in [1.807, 2.05) is 0 Å². The third kappa shape index (κ3) is 2.18. The predicted octanol–water partition coefficient (Wildman–Crippen LogP) is 3.60. The summed E-state index contributed by atoms with van der Waals surface area (Å²) in [4.78, 5) is 19.2. The highest BCUT2D eigenvalue weighted by molar-refractivity contribution is 7.17. The molecule has 2 aliphatic rings. The van der Waals surface area contributed by atoms with Gasteiger partial charge in [-0.15, -0.1) is 0 Å². The van der Waals surface area contributed by atoms with E-state index in [9.17, 15) is 4.79 Å². The van der Waals surface area contributed by atoms with Crippen molar-refractivity contribution >= 4 is 22.8 Å². The Morgan fingerprint density at radius 1 is 1.33 bits per heavy atom. The predicted molar refractivity (Wildman–Crippen MR) is 74.8 cm³/mol. The van der Waals surface area contributed by atoms with Crippen molar-refractivity contribution in [3.63, 3.8) is 0 Å². The van der Waals surface area contributed by atoms with Gasteiger partial charge in [-0.2, -0.15) is 0 Å². The number of aldehydes is 1.